The van der Waals surface area contributed by atoms with E-state index in [1.54, 1.807) is 26.4 Å². The van der Waals surface area contributed by atoms with E-state index in [2.05, 4.69) is 25.9 Å². The van der Waals surface area contributed by atoms with Crippen LogP contribution in [-0.4, -0.2) is 125 Å². The Bertz CT molecular complexity index is 1230. The van der Waals surface area contributed by atoms with Crippen molar-refractivity contribution in [3.05, 3.63) is 23.2 Å². The number of halogens is 1. The molecule has 0 atom stereocenters. The number of amides is 1. The van der Waals surface area contributed by atoms with Crippen LogP contribution in [0.4, 0.5) is 23.5 Å². The minimum absolute atomic E-state index is 0.0974. The summed E-state index contributed by atoms with van der Waals surface area (Å²) in [5, 5.41) is 10.8. The van der Waals surface area contributed by atoms with Gasteiger partial charge in [0.2, 0.25) is 23.8 Å². The molecule has 1 saturated heterocycles. The molecule has 0 spiro atoms. The highest BCUT2D eigenvalue weighted by atomic mass is 35.5. The van der Waals surface area contributed by atoms with E-state index < -0.39 is 0 Å². The highest BCUT2D eigenvalue weighted by molar-refractivity contribution is 6.32. The smallest absolute Gasteiger partial charge is 0.233 e. The predicted molar refractivity (Wildman–Crippen MR) is 189 cm³/mol. The molecule has 1 amide bonds. The van der Waals surface area contributed by atoms with Gasteiger partial charge in [-0.3, -0.25) is 4.79 Å². The number of anilines is 4. The quantitative estimate of drug-likeness (QED) is 0.112. The number of benzene rings is 1. The van der Waals surface area contributed by atoms with Gasteiger partial charge in [-0.05, 0) is 43.9 Å². The Labute approximate surface area is 295 Å². The molecule has 1 aliphatic carbocycles. The number of aromatic nitrogens is 3. The summed E-state index contributed by atoms with van der Waals surface area (Å²) in [5.74, 6) is 2.14. The molecule has 1 aromatic heterocycles. The second-order valence-electron chi connectivity index (χ2n) is 12.1. The van der Waals surface area contributed by atoms with E-state index in [1.807, 2.05) is 11.0 Å². The van der Waals surface area contributed by atoms with Crippen LogP contribution in [0.2, 0.25) is 5.02 Å². The molecule has 3 N–H and O–H groups in total. The van der Waals surface area contributed by atoms with Crippen LogP contribution in [0.5, 0.6) is 5.75 Å². The number of nitrogens with one attached hydrogen (secondary N) is 3. The summed E-state index contributed by atoms with van der Waals surface area (Å²) in [4.78, 5) is 28.8. The lowest BCUT2D eigenvalue weighted by molar-refractivity contribution is -0.133. The third-order valence-electron chi connectivity index (χ3n) is 8.42. The summed E-state index contributed by atoms with van der Waals surface area (Å²) in [6.07, 6.45) is 9.04. The van der Waals surface area contributed by atoms with Crippen molar-refractivity contribution >= 4 is 41.0 Å². The lowest BCUT2D eigenvalue weighted by Gasteiger charge is -2.32. The van der Waals surface area contributed by atoms with Gasteiger partial charge in [0, 0.05) is 38.0 Å². The first-order valence-corrected chi connectivity index (χ1v) is 17.9. The number of ether oxygens (including phenoxy) is 6. The van der Waals surface area contributed by atoms with Crippen molar-refractivity contribution in [1.29, 1.82) is 0 Å². The maximum Gasteiger partial charge on any atom is 0.233 e. The van der Waals surface area contributed by atoms with Gasteiger partial charge < -0.3 is 49.3 Å². The molecular weight excluding hydrogens is 654 g/mol. The summed E-state index contributed by atoms with van der Waals surface area (Å²) >= 11 is 6.36. The zero-order chi connectivity index (χ0) is 34.5. The van der Waals surface area contributed by atoms with Crippen molar-refractivity contribution in [2.45, 2.75) is 69.9 Å². The molecule has 274 valence electrons. The fraction of sp³-hybridized carbons (Fsp3) is 0.706. The van der Waals surface area contributed by atoms with Gasteiger partial charge in [0.05, 0.1) is 78.0 Å². The van der Waals surface area contributed by atoms with Gasteiger partial charge >= 0.3 is 0 Å². The van der Waals surface area contributed by atoms with Crippen molar-refractivity contribution in [3.63, 3.8) is 0 Å². The van der Waals surface area contributed by atoms with Gasteiger partial charge in [-0.1, -0.05) is 37.3 Å². The average Bonchev–Trinajstić information content (AvgIpc) is 3.37. The van der Waals surface area contributed by atoms with Crippen LogP contribution >= 0.6 is 11.6 Å². The molecule has 49 heavy (non-hydrogen) atoms. The molecule has 15 heteroatoms. The summed E-state index contributed by atoms with van der Waals surface area (Å²) in [6, 6.07) is 5.90. The minimum Gasteiger partial charge on any atom is -0.495 e. The summed E-state index contributed by atoms with van der Waals surface area (Å²) in [7, 11) is 3.23. The molecule has 2 aliphatic rings. The van der Waals surface area contributed by atoms with Crippen LogP contribution in [0.3, 0.4) is 0 Å². The van der Waals surface area contributed by atoms with E-state index in [9.17, 15) is 4.79 Å². The Morgan fingerprint density at radius 2 is 1.27 bits per heavy atom. The second-order valence-corrected chi connectivity index (χ2v) is 12.5. The lowest BCUT2D eigenvalue weighted by Crippen LogP contribution is -2.42. The van der Waals surface area contributed by atoms with Crippen LogP contribution in [0, 0.1) is 0 Å². The molecule has 4 rings (SSSR count). The van der Waals surface area contributed by atoms with Crippen LogP contribution < -0.4 is 20.7 Å². The van der Waals surface area contributed by atoms with E-state index in [0.717, 1.165) is 31.4 Å². The van der Waals surface area contributed by atoms with Crippen LogP contribution in [0.15, 0.2) is 18.2 Å². The van der Waals surface area contributed by atoms with E-state index >= 15 is 0 Å². The zero-order valence-electron chi connectivity index (χ0n) is 29.1. The number of carbonyl (C=O) groups is 1. The van der Waals surface area contributed by atoms with Crippen molar-refractivity contribution in [2.75, 3.05) is 103 Å². The first-order valence-electron chi connectivity index (χ1n) is 17.5. The number of piperidine rings is 1. The predicted octanol–water partition coefficient (Wildman–Crippen LogP) is 4.92. The van der Waals surface area contributed by atoms with E-state index in [1.165, 1.54) is 25.7 Å². The number of rotatable bonds is 22. The average molecular weight is 708 g/mol. The molecule has 1 aliphatic heterocycles. The molecule has 2 aromatic rings. The third kappa shape index (κ3) is 14.8. The Morgan fingerprint density at radius 3 is 1.82 bits per heavy atom. The van der Waals surface area contributed by atoms with Crippen LogP contribution in [-0.2, 0) is 28.5 Å². The van der Waals surface area contributed by atoms with E-state index in [4.69, 9.17) is 45.0 Å². The largest absolute Gasteiger partial charge is 0.495 e. The minimum atomic E-state index is 0.0974. The number of hydrogen-bond acceptors (Lipinski definition) is 13. The molecule has 1 saturated carbocycles. The van der Waals surface area contributed by atoms with Crippen LogP contribution in [0.1, 0.15) is 57.8 Å². The molecule has 2 heterocycles. The summed E-state index contributed by atoms with van der Waals surface area (Å²) < 4.78 is 32.1. The third-order valence-corrected chi connectivity index (χ3v) is 8.72. The van der Waals surface area contributed by atoms with Crippen molar-refractivity contribution < 1.29 is 33.2 Å². The first kappa shape index (κ1) is 38.8. The molecule has 2 fully saturated rings. The maximum absolute atomic E-state index is 12.8. The van der Waals surface area contributed by atoms with Gasteiger partial charge in [0.25, 0.3) is 0 Å². The Balaban J connectivity index is 1.17. The molecular formula is C34H54ClN7O7. The fourth-order valence-electron chi connectivity index (χ4n) is 5.72. The number of nitrogens with zero attached hydrogens (tertiary/aromatic N) is 4. The second kappa shape index (κ2) is 22.7. The van der Waals surface area contributed by atoms with E-state index in [-0.39, 0.29) is 11.9 Å². The molecule has 0 bridgehead atoms. The van der Waals surface area contributed by atoms with Gasteiger partial charge in [-0.2, -0.15) is 15.0 Å². The highest BCUT2D eigenvalue weighted by Crippen LogP contribution is 2.29. The van der Waals surface area contributed by atoms with Crippen molar-refractivity contribution in [1.82, 2.24) is 19.9 Å². The Morgan fingerprint density at radius 1 is 0.735 bits per heavy atom. The van der Waals surface area contributed by atoms with Gasteiger partial charge in [-0.25, -0.2) is 0 Å². The number of methoxy groups -OCH3 is 2. The van der Waals surface area contributed by atoms with Gasteiger partial charge in [0.15, 0.2) is 0 Å². The van der Waals surface area contributed by atoms with E-state index in [0.29, 0.717) is 114 Å². The fourth-order valence-corrected chi connectivity index (χ4v) is 5.98. The molecule has 0 radical (unpaired) electrons. The Kier molecular flexibility index (Phi) is 17.9. The summed E-state index contributed by atoms with van der Waals surface area (Å²) in [5.41, 5.74) is 0.743. The SMILES string of the molecule is COCCOCCOCCOCCOCCC(=O)N1CCC(Nc2nc(Nc3ccc(OC)c(Cl)c3)nc(NC3CCCCCC3)n2)CC1. The number of likely N-dealkylation sites (tertiary alicyclic amines) is 1. The van der Waals surface area contributed by atoms with Crippen molar-refractivity contribution in [3.8, 4) is 5.75 Å². The monoisotopic (exact) mass is 707 g/mol. The molecule has 0 unspecified atom stereocenters. The first-order chi connectivity index (χ1) is 24.0. The number of carbonyl (C=O) groups excluding carboxylic acids is 1. The highest BCUT2D eigenvalue weighted by Gasteiger charge is 2.24. The topological polar surface area (TPSA) is 150 Å². The van der Waals surface area contributed by atoms with Gasteiger partial charge in [-0.15, -0.1) is 0 Å². The normalized spacial score (nSPS) is 15.9. The standard InChI is InChI=1S/C34H54ClN7O7/c1-44-17-18-47-21-22-49-24-23-48-20-19-46-16-13-31(43)42-14-11-27(12-15-42)37-33-39-32(36-26-7-5-3-4-6-8-26)40-34(41-33)38-28-9-10-30(45-2)29(35)25-28/h9-10,25-27H,3-8,11-24H2,1-2H3,(H3,36,37,38,39,40,41). The van der Waals surface area contributed by atoms with Crippen LogP contribution in [0.25, 0.3) is 0 Å². The summed E-state index contributed by atoms with van der Waals surface area (Å²) in [6.45, 7) is 5.77. The van der Waals surface area contributed by atoms with Gasteiger partial charge in [0.1, 0.15) is 5.75 Å². The molecule has 14 nitrogen and oxygen atoms in total. The zero-order valence-corrected chi connectivity index (χ0v) is 29.8. The lowest BCUT2D eigenvalue weighted by atomic mass is 10.0. The Hall–Kier alpha value is -3.01. The molecule has 1 aromatic carbocycles. The van der Waals surface area contributed by atoms with Crippen molar-refractivity contribution in [2.24, 2.45) is 0 Å². The maximum atomic E-state index is 12.8. The number of hydrogen-bond donors (Lipinski definition) is 3.